The quantitative estimate of drug-likeness (QED) is 0.340. The van der Waals surface area contributed by atoms with Crippen LogP contribution < -0.4 is 5.56 Å². The van der Waals surface area contributed by atoms with Crippen LogP contribution in [-0.4, -0.2) is 34.7 Å². The normalized spacial score (nSPS) is 12.2. The van der Waals surface area contributed by atoms with Crippen molar-refractivity contribution in [3.63, 3.8) is 0 Å². The zero-order chi connectivity index (χ0) is 25.4. The Balaban J connectivity index is 1.45. The second kappa shape index (κ2) is 9.44. The number of nitrogens with one attached hydrogen (secondary N) is 1. The standard InChI is InChI=1S/C27H19ClFN7O/c28-19-7-10-24(36-16-30-33-34-36)21(15-19)18-11-12-35(26(37)14-18)25(13-17-5-8-20(29)9-6-17)27-31-22-3-1-2-4-23(22)32-27/h1-12,14-16,25H,13H2,(H,31,32)/t25-/m0/s1. The summed E-state index contributed by atoms with van der Waals surface area (Å²) in [6, 6.07) is 22.2. The second-order valence-corrected chi connectivity index (χ2v) is 9.00. The van der Waals surface area contributed by atoms with E-state index in [1.54, 1.807) is 47.2 Å². The number of fused-ring (bicyclic) bond motifs is 1. The number of nitrogens with zero attached hydrogens (tertiary/aromatic N) is 6. The average molecular weight is 512 g/mol. The monoisotopic (exact) mass is 511 g/mol. The van der Waals surface area contributed by atoms with Gasteiger partial charge in [-0.3, -0.25) is 4.79 Å². The van der Waals surface area contributed by atoms with Crippen LogP contribution in [0, 0.1) is 5.82 Å². The number of aromatic nitrogens is 7. The van der Waals surface area contributed by atoms with Crippen LogP contribution in [0.1, 0.15) is 17.4 Å². The first-order valence-corrected chi connectivity index (χ1v) is 11.9. The Hall–Kier alpha value is -4.63. The van der Waals surface area contributed by atoms with Crippen LogP contribution in [0.15, 0.2) is 96.2 Å². The maximum absolute atomic E-state index is 13.6. The lowest BCUT2D eigenvalue weighted by molar-refractivity contribution is 0.537. The molecule has 8 nitrogen and oxygen atoms in total. The fourth-order valence-electron chi connectivity index (χ4n) is 4.43. The molecule has 0 saturated carbocycles. The number of hydrogen-bond donors (Lipinski definition) is 1. The predicted molar refractivity (Wildman–Crippen MR) is 138 cm³/mol. The number of para-hydroxylation sites is 2. The molecule has 0 fully saturated rings. The first-order chi connectivity index (χ1) is 18.0. The summed E-state index contributed by atoms with van der Waals surface area (Å²) >= 11 is 6.29. The van der Waals surface area contributed by atoms with Gasteiger partial charge in [-0.25, -0.2) is 9.37 Å². The molecule has 6 rings (SSSR count). The highest BCUT2D eigenvalue weighted by molar-refractivity contribution is 6.31. The van der Waals surface area contributed by atoms with E-state index in [0.29, 0.717) is 34.1 Å². The minimum absolute atomic E-state index is 0.229. The van der Waals surface area contributed by atoms with Crippen molar-refractivity contribution >= 4 is 22.6 Å². The zero-order valence-corrected chi connectivity index (χ0v) is 20.0. The van der Waals surface area contributed by atoms with E-state index in [0.717, 1.165) is 16.6 Å². The van der Waals surface area contributed by atoms with E-state index in [9.17, 15) is 9.18 Å². The SMILES string of the molecule is O=c1cc(-c2cc(Cl)ccc2-n2cnnn2)ccn1[C@@H](Cc1ccc(F)cc1)c1nc2ccccc2[nH]1. The first kappa shape index (κ1) is 22.8. The summed E-state index contributed by atoms with van der Waals surface area (Å²) in [6.07, 6.45) is 3.66. The van der Waals surface area contributed by atoms with Gasteiger partial charge in [0.25, 0.3) is 5.56 Å². The van der Waals surface area contributed by atoms with Crippen molar-refractivity contribution < 1.29 is 4.39 Å². The van der Waals surface area contributed by atoms with Crippen LogP contribution in [0.5, 0.6) is 0 Å². The number of imidazole rings is 1. The van der Waals surface area contributed by atoms with Gasteiger partial charge in [-0.15, -0.1) is 5.10 Å². The van der Waals surface area contributed by atoms with Crippen molar-refractivity contribution in [3.05, 3.63) is 124 Å². The highest BCUT2D eigenvalue weighted by atomic mass is 35.5. The smallest absolute Gasteiger partial charge is 0.251 e. The molecular weight excluding hydrogens is 493 g/mol. The summed E-state index contributed by atoms with van der Waals surface area (Å²) in [7, 11) is 0. The molecular formula is C27H19ClFN7O. The highest BCUT2D eigenvalue weighted by Crippen LogP contribution is 2.29. The van der Waals surface area contributed by atoms with E-state index in [1.807, 2.05) is 30.3 Å². The van der Waals surface area contributed by atoms with Crippen LogP contribution >= 0.6 is 11.6 Å². The number of H-pyrrole nitrogens is 1. The molecule has 0 unspecified atom stereocenters. The van der Waals surface area contributed by atoms with Crippen LogP contribution in [0.2, 0.25) is 5.02 Å². The van der Waals surface area contributed by atoms with Gasteiger partial charge in [-0.1, -0.05) is 35.9 Å². The predicted octanol–water partition coefficient (Wildman–Crippen LogP) is 4.99. The molecule has 3 aromatic heterocycles. The summed E-state index contributed by atoms with van der Waals surface area (Å²) in [6.45, 7) is 0. The molecule has 0 aliphatic heterocycles. The van der Waals surface area contributed by atoms with E-state index >= 15 is 0 Å². The Morgan fingerprint density at radius 3 is 2.59 bits per heavy atom. The van der Waals surface area contributed by atoms with Gasteiger partial charge in [0.15, 0.2) is 0 Å². The van der Waals surface area contributed by atoms with E-state index in [2.05, 4.69) is 20.5 Å². The van der Waals surface area contributed by atoms with Crippen LogP contribution in [0.4, 0.5) is 4.39 Å². The maximum atomic E-state index is 13.6. The van der Waals surface area contributed by atoms with Gasteiger partial charge in [-0.2, -0.15) is 4.68 Å². The van der Waals surface area contributed by atoms with Gasteiger partial charge >= 0.3 is 0 Å². The molecule has 0 radical (unpaired) electrons. The molecule has 3 heterocycles. The third kappa shape index (κ3) is 4.52. The number of rotatable bonds is 6. The molecule has 37 heavy (non-hydrogen) atoms. The molecule has 3 aromatic carbocycles. The van der Waals surface area contributed by atoms with E-state index in [1.165, 1.54) is 23.1 Å². The van der Waals surface area contributed by atoms with Gasteiger partial charge in [-0.05, 0) is 70.1 Å². The fourth-order valence-corrected chi connectivity index (χ4v) is 4.60. The number of hydrogen-bond acceptors (Lipinski definition) is 5. The van der Waals surface area contributed by atoms with Gasteiger partial charge in [0.05, 0.1) is 22.8 Å². The van der Waals surface area contributed by atoms with E-state index < -0.39 is 6.04 Å². The summed E-state index contributed by atoms with van der Waals surface area (Å²) in [4.78, 5) is 21.7. The lowest BCUT2D eigenvalue weighted by Gasteiger charge is -2.19. The molecule has 0 saturated heterocycles. The van der Waals surface area contributed by atoms with Crippen LogP contribution in [0.25, 0.3) is 27.8 Å². The van der Waals surface area contributed by atoms with Crippen molar-refractivity contribution in [1.29, 1.82) is 0 Å². The van der Waals surface area contributed by atoms with Gasteiger partial charge in [0, 0.05) is 29.3 Å². The van der Waals surface area contributed by atoms with E-state index in [-0.39, 0.29) is 11.4 Å². The molecule has 0 aliphatic rings. The number of pyridine rings is 1. The lowest BCUT2D eigenvalue weighted by Crippen LogP contribution is -2.27. The van der Waals surface area contributed by atoms with Crippen molar-refractivity contribution in [1.82, 2.24) is 34.7 Å². The maximum Gasteiger partial charge on any atom is 0.251 e. The van der Waals surface area contributed by atoms with Crippen molar-refractivity contribution in [2.24, 2.45) is 0 Å². The topological polar surface area (TPSA) is 94.3 Å². The summed E-state index contributed by atoms with van der Waals surface area (Å²) in [5, 5.41) is 11.9. The zero-order valence-electron chi connectivity index (χ0n) is 19.3. The molecule has 182 valence electrons. The van der Waals surface area contributed by atoms with Gasteiger partial charge in [0.1, 0.15) is 18.0 Å². The molecule has 10 heteroatoms. The molecule has 0 spiro atoms. The Morgan fingerprint density at radius 2 is 1.84 bits per heavy atom. The fraction of sp³-hybridized carbons (Fsp3) is 0.0741. The first-order valence-electron chi connectivity index (χ1n) is 11.5. The largest absolute Gasteiger partial charge is 0.340 e. The Morgan fingerprint density at radius 1 is 1.00 bits per heavy atom. The van der Waals surface area contributed by atoms with Gasteiger partial charge < -0.3 is 9.55 Å². The van der Waals surface area contributed by atoms with Crippen LogP contribution in [0.3, 0.4) is 0 Å². The lowest BCUT2D eigenvalue weighted by atomic mass is 10.0. The number of tetrazole rings is 1. The molecule has 0 aliphatic carbocycles. The highest BCUT2D eigenvalue weighted by Gasteiger charge is 2.21. The Kier molecular flexibility index (Phi) is 5.82. The van der Waals surface area contributed by atoms with Gasteiger partial charge in [0.2, 0.25) is 0 Å². The number of halogens is 2. The molecule has 0 bridgehead atoms. The molecule has 6 aromatic rings. The Labute approximate surface area is 215 Å². The third-order valence-electron chi connectivity index (χ3n) is 6.22. The second-order valence-electron chi connectivity index (χ2n) is 8.56. The average Bonchev–Trinajstić information content (AvgIpc) is 3.59. The number of benzene rings is 3. The molecule has 0 amide bonds. The third-order valence-corrected chi connectivity index (χ3v) is 6.45. The van der Waals surface area contributed by atoms with E-state index in [4.69, 9.17) is 16.6 Å². The van der Waals surface area contributed by atoms with Crippen LogP contribution in [-0.2, 0) is 6.42 Å². The van der Waals surface area contributed by atoms with Crippen molar-refractivity contribution in [2.45, 2.75) is 12.5 Å². The minimum atomic E-state index is -0.447. The summed E-state index contributed by atoms with van der Waals surface area (Å²) < 4.78 is 16.7. The Bertz CT molecular complexity index is 1730. The molecule has 1 N–H and O–H groups in total. The number of aromatic amines is 1. The summed E-state index contributed by atoms with van der Waals surface area (Å²) in [5.41, 5.74) is 4.38. The summed E-state index contributed by atoms with van der Waals surface area (Å²) in [5.74, 6) is 0.322. The minimum Gasteiger partial charge on any atom is -0.340 e. The van der Waals surface area contributed by atoms with Crippen molar-refractivity contribution in [2.75, 3.05) is 0 Å². The van der Waals surface area contributed by atoms with Crippen molar-refractivity contribution in [3.8, 4) is 16.8 Å². The molecule has 1 atom stereocenters.